The van der Waals surface area contributed by atoms with Crippen molar-refractivity contribution in [3.8, 4) is 5.75 Å². The van der Waals surface area contributed by atoms with Crippen LogP contribution >= 0.6 is 0 Å². The number of benzene rings is 2. The summed E-state index contributed by atoms with van der Waals surface area (Å²) in [6.45, 7) is 3.41. The molecule has 33 heavy (non-hydrogen) atoms. The minimum absolute atomic E-state index is 0.107. The van der Waals surface area contributed by atoms with Gasteiger partial charge < -0.3 is 14.6 Å². The Bertz CT molecular complexity index is 1210. The molecule has 1 saturated heterocycles. The molecule has 0 bridgehead atoms. The molecular formula is C25H31N3O4S. The molecule has 1 amide bonds. The summed E-state index contributed by atoms with van der Waals surface area (Å²) in [5.41, 5.74) is 1.81. The van der Waals surface area contributed by atoms with Gasteiger partial charge in [-0.15, -0.1) is 0 Å². The lowest BCUT2D eigenvalue weighted by Gasteiger charge is -2.20. The Morgan fingerprint density at radius 2 is 1.73 bits per heavy atom. The highest BCUT2D eigenvalue weighted by Crippen LogP contribution is 2.26. The van der Waals surface area contributed by atoms with Crippen molar-refractivity contribution in [2.45, 2.75) is 50.1 Å². The number of aromatic nitrogens is 1. The number of amides is 1. The van der Waals surface area contributed by atoms with Gasteiger partial charge in [0.15, 0.2) is 0 Å². The molecule has 176 valence electrons. The topological polar surface area (TPSA) is 80.6 Å². The van der Waals surface area contributed by atoms with Crippen LogP contribution in [0.5, 0.6) is 5.75 Å². The number of hydrogen-bond acceptors (Lipinski definition) is 4. The summed E-state index contributed by atoms with van der Waals surface area (Å²) >= 11 is 0. The van der Waals surface area contributed by atoms with Crippen LogP contribution in [0, 0.1) is 0 Å². The quantitative estimate of drug-likeness (QED) is 0.565. The summed E-state index contributed by atoms with van der Waals surface area (Å²) in [6.07, 6.45) is 5.80. The van der Waals surface area contributed by atoms with Crippen LogP contribution in [-0.2, 0) is 21.4 Å². The Balaban J connectivity index is 1.48. The molecule has 0 unspecified atom stereocenters. The zero-order chi connectivity index (χ0) is 23.4. The van der Waals surface area contributed by atoms with E-state index in [-0.39, 0.29) is 5.91 Å². The van der Waals surface area contributed by atoms with Gasteiger partial charge >= 0.3 is 0 Å². The Kier molecular flexibility index (Phi) is 7.05. The third-order valence-corrected chi connectivity index (χ3v) is 8.21. The lowest BCUT2D eigenvalue weighted by atomic mass is 10.2. The van der Waals surface area contributed by atoms with E-state index >= 15 is 0 Å². The maximum atomic E-state index is 13.1. The van der Waals surface area contributed by atoms with Crippen LogP contribution in [0.25, 0.3) is 10.9 Å². The van der Waals surface area contributed by atoms with Crippen LogP contribution in [0.2, 0.25) is 0 Å². The number of carbonyl (C=O) groups is 1. The van der Waals surface area contributed by atoms with Gasteiger partial charge in [0, 0.05) is 36.7 Å². The number of ether oxygens (including phenoxy) is 1. The fourth-order valence-electron chi connectivity index (χ4n) is 4.28. The van der Waals surface area contributed by atoms with E-state index in [9.17, 15) is 13.2 Å². The first-order valence-electron chi connectivity index (χ1n) is 11.4. The van der Waals surface area contributed by atoms with Crippen LogP contribution in [-0.4, -0.2) is 43.4 Å². The molecule has 1 aliphatic rings. The minimum atomic E-state index is -3.51. The minimum Gasteiger partial charge on any atom is -0.497 e. The second-order valence-electron chi connectivity index (χ2n) is 8.50. The summed E-state index contributed by atoms with van der Waals surface area (Å²) < 4.78 is 34.9. The van der Waals surface area contributed by atoms with Crippen LogP contribution in [0.4, 0.5) is 0 Å². The van der Waals surface area contributed by atoms with Crippen LogP contribution in [0.1, 0.15) is 44.2 Å². The summed E-state index contributed by atoms with van der Waals surface area (Å²) in [4.78, 5) is 13.1. The van der Waals surface area contributed by atoms with Gasteiger partial charge in [-0.25, -0.2) is 8.42 Å². The highest BCUT2D eigenvalue weighted by molar-refractivity contribution is 7.89. The van der Waals surface area contributed by atoms with Gasteiger partial charge in [-0.1, -0.05) is 25.0 Å². The van der Waals surface area contributed by atoms with Gasteiger partial charge in [0.2, 0.25) is 15.9 Å². The summed E-state index contributed by atoms with van der Waals surface area (Å²) in [6, 6.07) is 14.2. The highest BCUT2D eigenvalue weighted by Gasteiger charge is 2.26. The lowest BCUT2D eigenvalue weighted by molar-refractivity contribution is -0.123. The van der Waals surface area contributed by atoms with E-state index in [4.69, 9.17) is 4.74 Å². The number of fused-ring (bicyclic) bond motifs is 1. The first-order chi connectivity index (χ1) is 15.9. The molecule has 8 heteroatoms. The van der Waals surface area contributed by atoms with E-state index in [0.717, 1.165) is 47.9 Å². The van der Waals surface area contributed by atoms with Gasteiger partial charge in [-0.3, -0.25) is 4.79 Å². The average Bonchev–Trinajstić information content (AvgIpc) is 3.05. The molecule has 2 aromatic carbocycles. The Labute approximate surface area is 195 Å². The van der Waals surface area contributed by atoms with Gasteiger partial charge in [0.05, 0.1) is 12.0 Å². The van der Waals surface area contributed by atoms with Crippen molar-refractivity contribution in [2.24, 2.45) is 0 Å². The summed E-state index contributed by atoms with van der Waals surface area (Å²) in [5, 5.41) is 3.78. The molecule has 4 rings (SSSR count). The number of sulfonamides is 1. The predicted molar refractivity (Wildman–Crippen MR) is 129 cm³/mol. The van der Waals surface area contributed by atoms with E-state index in [2.05, 4.69) is 5.32 Å². The third-order valence-electron chi connectivity index (χ3n) is 6.32. The molecule has 3 aromatic rings. The normalized spacial score (nSPS) is 16.3. The van der Waals surface area contributed by atoms with Crippen molar-refractivity contribution in [1.29, 1.82) is 0 Å². The van der Waals surface area contributed by atoms with Crippen LogP contribution < -0.4 is 10.1 Å². The molecule has 1 aliphatic heterocycles. The number of nitrogens with one attached hydrogen (secondary N) is 1. The van der Waals surface area contributed by atoms with E-state index < -0.39 is 16.1 Å². The molecule has 0 saturated carbocycles. The van der Waals surface area contributed by atoms with Gasteiger partial charge in [-0.2, -0.15) is 4.31 Å². The Morgan fingerprint density at radius 3 is 2.39 bits per heavy atom. The van der Waals surface area contributed by atoms with Crippen molar-refractivity contribution < 1.29 is 17.9 Å². The summed E-state index contributed by atoms with van der Waals surface area (Å²) in [7, 11) is -1.89. The van der Waals surface area contributed by atoms with Crippen molar-refractivity contribution in [1.82, 2.24) is 14.2 Å². The summed E-state index contributed by atoms with van der Waals surface area (Å²) in [5.74, 6) is 0.666. The van der Waals surface area contributed by atoms with Gasteiger partial charge in [-0.05, 0) is 61.7 Å². The fourth-order valence-corrected chi connectivity index (χ4v) is 5.83. The number of hydrogen-bond donors (Lipinski definition) is 1. The molecule has 0 spiro atoms. The standard InChI is InChI=1S/C25H31N3O4S/c1-19(25(29)26-18-20-7-9-22(32-2)10-8-20)28-16-13-21-17-23(11-12-24(21)28)33(30,31)27-14-5-3-4-6-15-27/h7-13,16-17,19H,3-6,14-15,18H2,1-2H3,(H,26,29)/t19-/m0/s1. The third kappa shape index (κ3) is 5.07. The molecule has 1 aromatic heterocycles. The van der Waals surface area contributed by atoms with E-state index in [1.54, 1.807) is 29.6 Å². The molecule has 1 fully saturated rings. The second kappa shape index (κ2) is 9.97. The highest BCUT2D eigenvalue weighted by atomic mass is 32.2. The maximum absolute atomic E-state index is 13.1. The second-order valence-corrected chi connectivity index (χ2v) is 10.4. The van der Waals surface area contributed by atoms with Crippen molar-refractivity contribution in [3.05, 3.63) is 60.3 Å². The molecular weight excluding hydrogens is 438 g/mol. The van der Waals surface area contributed by atoms with Crippen LogP contribution in [0.15, 0.2) is 59.6 Å². The number of carbonyl (C=O) groups excluding carboxylic acids is 1. The maximum Gasteiger partial charge on any atom is 0.243 e. The van der Waals surface area contributed by atoms with Crippen molar-refractivity contribution in [2.75, 3.05) is 20.2 Å². The first-order valence-corrected chi connectivity index (χ1v) is 12.9. The van der Waals surface area contributed by atoms with Gasteiger partial charge in [0.1, 0.15) is 11.8 Å². The molecule has 7 nitrogen and oxygen atoms in total. The number of rotatable bonds is 7. The SMILES string of the molecule is COc1ccc(CNC(=O)[C@H](C)n2ccc3cc(S(=O)(=O)N4CCCCCC4)ccc32)cc1. The largest absolute Gasteiger partial charge is 0.497 e. The molecule has 1 atom stereocenters. The van der Waals surface area contributed by atoms with E-state index in [1.807, 2.05) is 48.0 Å². The molecule has 1 N–H and O–H groups in total. The Hall–Kier alpha value is -2.84. The van der Waals surface area contributed by atoms with Crippen molar-refractivity contribution in [3.63, 3.8) is 0 Å². The Morgan fingerprint density at radius 1 is 1.03 bits per heavy atom. The number of methoxy groups -OCH3 is 1. The first kappa shape index (κ1) is 23.3. The van der Waals surface area contributed by atoms with Crippen LogP contribution in [0.3, 0.4) is 0 Å². The fraction of sp³-hybridized carbons (Fsp3) is 0.400. The average molecular weight is 470 g/mol. The monoisotopic (exact) mass is 469 g/mol. The zero-order valence-electron chi connectivity index (χ0n) is 19.2. The lowest BCUT2D eigenvalue weighted by Crippen LogP contribution is -2.32. The molecule has 0 aliphatic carbocycles. The zero-order valence-corrected chi connectivity index (χ0v) is 20.0. The van der Waals surface area contributed by atoms with Gasteiger partial charge in [0.25, 0.3) is 0 Å². The van der Waals surface area contributed by atoms with Crippen molar-refractivity contribution >= 4 is 26.8 Å². The van der Waals surface area contributed by atoms with E-state index in [1.165, 1.54) is 0 Å². The molecule has 2 heterocycles. The smallest absolute Gasteiger partial charge is 0.243 e. The van der Waals surface area contributed by atoms with E-state index in [0.29, 0.717) is 24.5 Å². The molecule has 0 radical (unpaired) electrons. The number of nitrogens with zero attached hydrogens (tertiary/aromatic N) is 2. The predicted octanol–water partition coefficient (Wildman–Crippen LogP) is 4.09.